The monoisotopic (exact) mass is 1200 g/mol. The fourth-order valence-corrected chi connectivity index (χ4v) is 12.5. The molecule has 2 spiro atoms. The molecule has 4 atom stereocenters. The van der Waals surface area contributed by atoms with Gasteiger partial charge < -0.3 is 51.4 Å². The van der Waals surface area contributed by atoms with Crippen molar-refractivity contribution in [1.82, 2.24) is 25.8 Å². The van der Waals surface area contributed by atoms with Crippen LogP contribution in [0.4, 0.5) is 15.8 Å². The number of aldehydes is 1. The van der Waals surface area contributed by atoms with Crippen molar-refractivity contribution in [1.29, 1.82) is 0 Å². The van der Waals surface area contributed by atoms with Gasteiger partial charge in [0.1, 0.15) is 29.6 Å². The predicted octanol–water partition coefficient (Wildman–Crippen LogP) is 9.77. The van der Waals surface area contributed by atoms with Gasteiger partial charge in [0.15, 0.2) is 0 Å². The molecule has 1 aromatic heterocycles. The van der Waals surface area contributed by atoms with Crippen LogP contribution in [-0.2, 0) is 50.1 Å². The van der Waals surface area contributed by atoms with Crippen molar-refractivity contribution < 1.29 is 47.4 Å². The van der Waals surface area contributed by atoms with Gasteiger partial charge in [0.05, 0.1) is 54.1 Å². The Morgan fingerprint density at radius 2 is 1.59 bits per heavy atom. The second-order valence-corrected chi connectivity index (χ2v) is 23.5. The minimum Gasteiger partial charge on any atom is -0.379 e. The van der Waals surface area contributed by atoms with Crippen LogP contribution in [0.5, 0.6) is 0 Å². The van der Waals surface area contributed by atoms with E-state index in [2.05, 4.69) is 38.5 Å². The quantitative estimate of drug-likeness (QED) is 0.0298. The van der Waals surface area contributed by atoms with Crippen molar-refractivity contribution in [2.24, 2.45) is 11.1 Å². The molecule has 9 rings (SSSR count). The zero-order valence-corrected chi connectivity index (χ0v) is 50.4. The fourth-order valence-electron chi connectivity index (χ4n) is 11.3. The van der Waals surface area contributed by atoms with Gasteiger partial charge in [-0.05, 0) is 109 Å². The van der Waals surface area contributed by atoms with Crippen molar-refractivity contribution in [2.75, 3.05) is 69.9 Å². The summed E-state index contributed by atoms with van der Waals surface area (Å²) in [6, 6.07) is 24.1. The van der Waals surface area contributed by atoms with Gasteiger partial charge >= 0.3 is 0 Å². The maximum atomic E-state index is 15.1. The van der Waals surface area contributed by atoms with Crippen LogP contribution >= 0.6 is 34.5 Å². The summed E-state index contributed by atoms with van der Waals surface area (Å²) in [5.74, 6) is -1.21. The number of aryl methyl sites for hydroxylation is 1. The highest BCUT2D eigenvalue weighted by molar-refractivity contribution is 7.13. The molecule has 3 fully saturated rings. The molecular formula is C62H79Cl2FN8O9S. The van der Waals surface area contributed by atoms with E-state index in [1.54, 1.807) is 64.8 Å². The Kier molecular flexibility index (Phi) is 25.6. The molecule has 4 aromatic carbocycles. The van der Waals surface area contributed by atoms with Gasteiger partial charge in [-0.25, -0.2) is 9.37 Å². The number of benzene rings is 4. The lowest BCUT2D eigenvalue weighted by Crippen LogP contribution is -2.60. The van der Waals surface area contributed by atoms with Crippen LogP contribution in [0.1, 0.15) is 118 Å². The second kappa shape index (κ2) is 32.2. The molecule has 4 aliphatic rings. The number of hydrogen-bond donors (Lipinski definition) is 6. The van der Waals surface area contributed by atoms with E-state index in [1.165, 1.54) is 0 Å². The first kappa shape index (κ1) is 66.0. The number of nitrogens with one attached hydrogen (secondary N) is 5. The number of nitrogens with two attached hydrogens (primary N) is 1. The molecule has 0 bridgehead atoms. The SMILES string of the molecule is CCCOCCOCCOCCN.Cc1ncsc1-c1ccc(CNC(=O)C2CCCN2C(=O)C(NC=O)C(C)(C)C)cc1.O=C1Nc2cc(Cl)ccc2[C@@]12C(c1cccc(Cl)c1F)CNC21CCCCC1.O=CNc1ccc(C=O)cc1. The van der Waals surface area contributed by atoms with Crippen molar-refractivity contribution in [3.8, 4) is 10.4 Å². The molecule has 1 saturated carbocycles. The number of carbonyl (C=O) groups excluding carboxylic acids is 6. The minimum absolute atomic E-state index is 0.0685. The van der Waals surface area contributed by atoms with Crippen molar-refractivity contribution in [3.05, 3.63) is 134 Å². The molecule has 3 unspecified atom stereocenters. The topological polar surface area (TPSA) is 232 Å². The average Bonchev–Trinajstić information content (AvgIpc) is 1.63. The molecule has 7 N–H and O–H groups in total. The number of carbonyl (C=O) groups is 6. The van der Waals surface area contributed by atoms with E-state index in [9.17, 15) is 28.8 Å². The first-order chi connectivity index (χ1) is 40.0. The molecular weight excluding hydrogens is 1120 g/mol. The zero-order valence-electron chi connectivity index (χ0n) is 48.0. The molecule has 2 saturated heterocycles. The molecule has 4 heterocycles. The molecule has 0 radical (unpaired) electrons. The molecule has 5 aromatic rings. The summed E-state index contributed by atoms with van der Waals surface area (Å²) >= 11 is 13.9. The van der Waals surface area contributed by atoms with Crippen LogP contribution in [0, 0.1) is 18.2 Å². The lowest BCUT2D eigenvalue weighted by atomic mass is 9.56. The van der Waals surface area contributed by atoms with E-state index in [4.69, 9.17) is 43.1 Å². The number of amides is 5. The third-order valence-corrected chi connectivity index (χ3v) is 16.7. The van der Waals surface area contributed by atoms with Crippen LogP contribution in [0.15, 0.2) is 90.4 Å². The highest BCUT2D eigenvalue weighted by atomic mass is 35.5. The third-order valence-electron chi connectivity index (χ3n) is 15.2. The molecule has 5 amide bonds. The number of aromatic nitrogens is 1. The number of ether oxygens (including phenoxy) is 3. The third kappa shape index (κ3) is 16.8. The normalized spacial score (nSPS) is 18.7. The Labute approximate surface area is 500 Å². The standard InChI is InChI=1S/C23H30N4O3S.C22H21Cl2FN2O.C9H21NO3.C8H7NO2/c1-15-19(31-14-26-15)17-9-7-16(8-10-17)12-24-21(29)18-6-5-11-27(18)22(30)20(25-13-28)23(2,3)4;23-13-7-8-15-18(11-13)27-20(28)22(15)16(14-5-4-6-17(24)19(14)25)12-26-21(22)9-2-1-3-10-21;1-2-4-11-6-8-13-9-7-12-5-3-10;10-5-7-1-3-8(4-2-7)9-6-11/h7-10,13-14,18,20H,5-6,11-12H2,1-4H3,(H,24,29)(H,25,28);4-8,11,16,26H,1-3,9-10,12H2,(H,27,28);2-10H2,1H3;1-6H,(H,9,11)/t;16?,22-;;/m.1../s1. The van der Waals surface area contributed by atoms with E-state index in [-0.39, 0.29) is 28.7 Å². The molecule has 17 nitrogen and oxygen atoms in total. The summed E-state index contributed by atoms with van der Waals surface area (Å²) in [5.41, 5.74) is 11.9. The molecule has 83 heavy (non-hydrogen) atoms. The van der Waals surface area contributed by atoms with Crippen LogP contribution in [-0.4, -0.2) is 124 Å². The highest BCUT2D eigenvalue weighted by Crippen LogP contribution is 2.61. The number of hydrogen-bond acceptors (Lipinski definition) is 13. The minimum atomic E-state index is -0.876. The molecule has 1 aliphatic carbocycles. The van der Waals surface area contributed by atoms with Crippen LogP contribution in [0.25, 0.3) is 10.4 Å². The van der Waals surface area contributed by atoms with E-state index in [1.807, 2.05) is 69.6 Å². The predicted molar refractivity (Wildman–Crippen MR) is 324 cm³/mol. The average molecular weight is 1200 g/mol. The summed E-state index contributed by atoms with van der Waals surface area (Å²) in [6.07, 6.45) is 9.39. The summed E-state index contributed by atoms with van der Waals surface area (Å²) < 4.78 is 30.7. The Bertz CT molecular complexity index is 2910. The second-order valence-electron chi connectivity index (χ2n) is 21.8. The van der Waals surface area contributed by atoms with Crippen LogP contribution in [0.2, 0.25) is 10.0 Å². The maximum absolute atomic E-state index is 15.1. The number of nitrogens with zero attached hydrogens (tertiary/aromatic N) is 2. The maximum Gasteiger partial charge on any atom is 0.246 e. The van der Waals surface area contributed by atoms with Crippen LogP contribution in [0.3, 0.4) is 0 Å². The number of halogens is 3. The Balaban J connectivity index is 0.000000194. The smallest absolute Gasteiger partial charge is 0.246 e. The van der Waals surface area contributed by atoms with Gasteiger partial charge in [-0.15, -0.1) is 11.3 Å². The largest absolute Gasteiger partial charge is 0.379 e. The number of rotatable bonds is 21. The van der Waals surface area contributed by atoms with Crippen molar-refractivity contribution >= 4 is 82.7 Å². The lowest BCUT2D eigenvalue weighted by molar-refractivity contribution is -0.142. The van der Waals surface area contributed by atoms with Gasteiger partial charge in [0.2, 0.25) is 30.5 Å². The van der Waals surface area contributed by atoms with Crippen LogP contribution < -0.4 is 32.3 Å². The summed E-state index contributed by atoms with van der Waals surface area (Å²) in [7, 11) is 0. The summed E-state index contributed by atoms with van der Waals surface area (Å²) in [4.78, 5) is 77.8. The highest BCUT2D eigenvalue weighted by Gasteiger charge is 2.68. The van der Waals surface area contributed by atoms with Gasteiger partial charge in [-0.2, -0.15) is 0 Å². The van der Waals surface area contributed by atoms with Gasteiger partial charge in [0.25, 0.3) is 0 Å². The number of thiazole rings is 1. The lowest BCUT2D eigenvalue weighted by Gasteiger charge is -2.47. The first-order valence-electron chi connectivity index (χ1n) is 28.3. The molecule has 448 valence electrons. The molecule has 3 aliphatic heterocycles. The Morgan fingerprint density at radius 1 is 0.904 bits per heavy atom. The van der Waals surface area contributed by atoms with Crippen molar-refractivity contribution in [3.63, 3.8) is 0 Å². The van der Waals surface area contributed by atoms with Gasteiger partial charge in [-0.1, -0.05) is 113 Å². The Hall–Kier alpha value is -6.16. The number of anilines is 2. The summed E-state index contributed by atoms with van der Waals surface area (Å²) in [6.45, 7) is 15.8. The van der Waals surface area contributed by atoms with Gasteiger partial charge in [-0.3, -0.25) is 28.8 Å². The van der Waals surface area contributed by atoms with E-state index in [0.717, 1.165) is 90.8 Å². The number of likely N-dealkylation sites (tertiary alicyclic amines) is 1. The van der Waals surface area contributed by atoms with E-state index >= 15 is 4.39 Å². The molecule has 21 heteroatoms. The van der Waals surface area contributed by atoms with Gasteiger partial charge in [0, 0.05) is 66.2 Å². The first-order valence-corrected chi connectivity index (χ1v) is 29.9. The van der Waals surface area contributed by atoms with E-state index < -0.39 is 34.3 Å². The van der Waals surface area contributed by atoms with Crippen molar-refractivity contribution in [2.45, 2.75) is 121 Å². The fraction of sp³-hybridized carbons (Fsp3) is 0.468. The zero-order chi connectivity index (χ0) is 60.0. The Morgan fingerprint density at radius 3 is 2.20 bits per heavy atom. The van der Waals surface area contributed by atoms with E-state index in [0.29, 0.717) is 100 Å². The number of fused-ring (bicyclic) bond motifs is 3. The summed E-state index contributed by atoms with van der Waals surface area (Å²) in [5, 5.41) is 15.5.